The number of rotatable bonds is 4. The standard InChI is InChI=1S/C5H7F5O3S.Na/c1-2-3(6)4(7,8)5(9,10)14(11,12)13;/h3H,2H2,1H3,(H,11,12,13);/q;+1/p-1. The van der Waals surface area contributed by atoms with E-state index in [0.717, 1.165) is 6.92 Å². The average molecular weight is 264 g/mol. The molecule has 1 unspecified atom stereocenters. The van der Waals surface area contributed by atoms with Gasteiger partial charge >= 0.3 is 40.7 Å². The van der Waals surface area contributed by atoms with Crippen LogP contribution < -0.4 is 29.6 Å². The molecule has 0 fully saturated rings. The molecule has 0 saturated heterocycles. The Morgan fingerprint density at radius 1 is 1.27 bits per heavy atom. The summed E-state index contributed by atoms with van der Waals surface area (Å²) in [7, 11) is -6.59. The van der Waals surface area contributed by atoms with Crippen molar-refractivity contribution in [1.29, 1.82) is 0 Å². The first-order valence-electron chi connectivity index (χ1n) is 3.33. The number of halogens is 5. The summed E-state index contributed by atoms with van der Waals surface area (Å²) in [6.45, 7) is 0.812. The summed E-state index contributed by atoms with van der Waals surface area (Å²) in [6, 6.07) is 0. The third-order valence-corrected chi connectivity index (χ3v) is 2.35. The topological polar surface area (TPSA) is 57.2 Å². The summed E-state index contributed by atoms with van der Waals surface area (Å²) >= 11 is 0. The van der Waals surface area contributed by atoms with E-state index in [-0.39, 0.29) is 29.6 Å². The van der Waals surface area contributed by atoms with Crippen molar-refractivity contribution in [2.45, 2.75) is 30.7 Å². The molecule has 15 heavy (non-hydrogen) atoms. The van der Waals surface area contributed by atoms with Crippen molar-refractivity contribution in [3.8, 4) is 0 Å². The zero-order valence-corrected chi connectivity index (χ0v) is 10.6. The summed E-state index contributed by atoms with van der Waals surface area (Å²) in [6.07, 6.45) is -4.42. The maximum absolute atomic E-state index is 12.4. The van der Waals surface area contributed by atoms with Gasteiger partial charge in [-0.1, -0.05) is 6.92 Å². The minimum Gasteiger partial charge on any atom is -0.743 e. The smallest absolute Gasteiger partial charge is 0.743 e. The molecule has 0 heterocycles. The van der Waals surface area contributed by atoms with Gasteiger partial charge < -0.3 is 4.55 Å². The Morgan fingerprint density at radius 3 is 1.80 bits per heavy atom. The summed E-state index contributed by atoms with van der Waals surface area (Å²) in [5.74, 6) is -5.51. The van der Waals surface area contributed by atoms with Gasteiger partial charge in [0, 0.05) is 0 Å². The van der Waals surface area contributed by atoms with Gasteiger partial charge in [0.1, 0.15) is 0 Å². The van der Waals surface area contributed by atoms with Gasteiger partial charge in [0.25, 0.3) is 0 Å². The molecule has 0 amide bonds. The van der Waals surface area contributed by atoms with Crippen molar-refractivity contribution >= 4 is 10.1 Å². The molecule has 0 aliphatic rings. The Balaban J connectivity index is 0. The zero-order valence-electron chi connectivity index (χ0n) is 7.81. The Hall–Kier alpha value is 0.560. The van der Waals surface area contributed by atoms with Crippen LogP contribution in [0.2, 0.25) is 0 Å². The van der Waals surface area contributed by atoms with Gasteiger partial charge in [-0.2, -0.15) is 17.6 Å². The molecule has 0 aliphatic carbocycles. The molecule has 0 radical (unpaired) electrons. The summed E-state index contributed by atoms with van der Waals surface area (Å²) in [4.78, 5) is 0. The third-order valence-electron chi connectivity index (χ3n) is 1.45. The van der Waals surface area contributed by atoms with E-state index in [2.05, 4.69) is 0 Å². The number of alkyl halides is 5. The van der Waals surface area contributed by atoms with Crippen LogP contribution in [0.25, 0.3) is 0 Å². The summed E-state index contributed by atoms with van der Waals surface area (Å²) in [5.41, 5.74) is 0. The SMILES string of the molecule is CCC(F)C(F)(F)C(F)(F)S(=O)(=O)[O-].[Na+]. The molecule has 1 atom stereocenters. The van der Waals surface area contributed by atoms with Crippen molar-refractivity contribution in [2.75, 3.05) is 0 Å². The van der Waals surface area contributed by atoms with Crippen LogP contribution in [-0.2, 0) is 10.1 Å². The van der Waals surface area contributed by atoms with Crippen molar-refractivity contribution < 1.29 is 64.5 Å². The summed E-state index contributed by atoms with van der Waals surface area (Å²) < 4.78 is 90.9. The van der Waals surface area contributed by atoms with E-state index >= 15 is 0 Å². The van der Waals surface area contributed by atoms with Crippen LogP contribution in [0, 0.1) is 0 Å². The van der Waals surface area contributed by atoms with Gasteiger partial charge in [0.15, 0.2) is 16.3 Å². The van der Waals surface area contributed by atoms with Crippen LogP contribution in [0.4, 0.5) is 22.0 Å². The van der Waals surface area contributed by atoms with Crippen LogP contribution >= 0.6 is 0 Å². The van der Waals surface area contributed by atoms with E-state index in [0.29, 0.717) is 0 Å². The molecule has 0 aliphatic heterocycles. The fourth-order valence-corrected chi connectivity index (χ4v) is 1.07. The van der Waals surface area contributed by atoms with Crippen LogP contribution in [0.5, 0.6) is 0 Å². The second-order valence-corrected chi connectivity index (χ2v) is 3.89. The largest absolute Gasteiger partial charge is 1.00 e. The monoisotopic (exact) mass is 264 g/mol. The average Bonchev–Trinajstić information content (AvgIpc) is 2.00. The molecule has 10 heteroatoms. The molecule has 0 aromatic rings. The first-order chi connectivity index (χ1) is 5.98. The third kappa shape index (κ3) is 3.26. The van der Waals surface area contributed by atoms with Gasteiger partial charge in [-0.15, -0.1) is 0 Å². The van der Waals surface area contributed by atoms with E-state index in [4.69, 9.17) is 0 Å². The fourth-order valence-electron chi connectivity index (χ4n) is 0.605. The Labute approximate surface area is 105 Å². The maximum atomic E-state index is 12.4. The van der Waals surface area contributed by atoms with E-state index in [9.17, 15) is 34.9 Å². The van der Waals surface area contributed by atoms with E-state index in [1.54, 1.807) is 0 Å². The van der Waals surface area contributed by atoms with Gasteiger partial charge in [-0.05, 0) is 6.42 Å². The van der Waals surface area contributed by atoms with Crippen LogP contribution in [0.3, 0.4) is 0 Å². The molecular weight excluding hydrogens is 258 g/mol. The minimum atomic E-state index is -6.59. The van der Waals surface area contributed by atoms with E-state index in [1.165, 1.54) is 0 Å². The molecular formula is C5H6F5NaO3S. The Kier molecular flexibility index (Phi) is 6.29. The molecule has 3 nitrogen and oxygen atoms in total. The second-order valence-electron chi connectivity index (χ2n) is 2.47. The molecule has 0 rings (SSSR count). The predicted molar refractivity (Wildman–Crippen MR) is 34.8 cm³/mol. The maximum Gasteiger partial charge on any atom is 1.00 e. The molecule has 0 aromatic heterocycles. The molecule has 86 valence electrons. The quantitative estimate of drug-likeness (QED) is 0.353. The van der Waals surface area contributed by atoms with Gasteiger partial charge in [-0.3, -0.25) is 0 Å². The Bertz CT molecular complexity index is 304. The predicted octanol–water partition coefficient (Wildman–Crippen LogP) is -1.49. The van der Waals surface area contributed by atoms with Crippen LogP contribution in [0.1, 0.15) is 13.3 Å². The molecule has 0 bridgehead atoms. The normalized spacial score (nSPS) is 15.7. The second kappa shape index (κ2) is 5.26. The van der Waals surface area contributed by atoms with Crippen molar-refractivity contribution in [2.24, 2.45) is 0 Å². The van der Waals surface area contributed by atoms with Crippen LogP contribution in [-0.4, -0.2) is 30.3 Å². The molecule has 0 saturated carbocycles. The van der Waals surface area contributed by atoms with Crippen molar-refractivity contribution in [1.82, 2.24) is 0 Å². The molecule has 0 aromatic carbocycles. The van der Waals surface area contributed by atoms with Gasteiger partial charge in [0.2, 0.25) is 0 Å². The molecule has 0 spiro atoms. The van der Waals surface area contributed by atoms with Crippen LogP contribution in [0.15, 0.2) is 0 Å². The van der Waals surface area contributed by atoms with Crippen molar-refractivity contribution in [3.05, 3.63) is 0 Å². The van der Waals surface area contributed by atoms with E-state index < -0.39 is 33.9 Å². The number of hydrogen-bond donors (Lipinski definition) is 0. The minimum absolute atomic E-state index is 0. The molecule has 0 N–H and O–H groups in total. The van der Waals surface area contributed by atoms with E-state index in [1.807, 2.05) is 0 Å². The first kappa shape index (κ1) is 17.9. The fraction of sp³-hybridized carbons (Fsp3) is 1.00. The zero-order chi connectivity index (χ0) is 11.8. The summed E-state index contributed by atoms with van der Waals surface area (Å²) in [5, 5.41) is -5.94. The first-order valence-corrected chi connectivity index (χ1v) is 4.74. The Morgan fingerprint density at radius 2 is 1.60 bits per heavy atom. The number of hydrogen-bond acceptors (Lipinski definition) is 3. The van der Waals surface area contributed by atoms with Gasteiger partial charge in [-0.25, -0.2) is 12.8 Å². The van der Waals surface area contributed by atoms with Crippen molar-refractivity contribution in [3.63, 3.8) is 0 Å². The van der Waals surface area contributed by atoms with Gasteiger partial charge in [0.05, 0.1) is 0 Å².